The Bertz CT molecular complexity index is 710. The molecule has 3 rings (SSSR count). The zero-order chi connectivity index (χ0) is 16.6. The van der Waals surface area contributed by atoms with Crippen LogP contribution in [0.5, 0.6) is 0 Å². The van der Waals surface area contributed by atoms with Crippen molar-refractivity contribution in [3.63, 3.8) is 0 Å². The Morgan fingerprint density at radius 3 is 2.57 bits per heavy atom. The first-order valence-electron chi connectivity index (χ1n) is 7.23. The second kappa shape index (κ2) is 6.34. The van der Waals surface area contributed by atoms with Gasteiger partial charge in [0.05, 0.1) is 11.8 Å². The third-order valence-electron chi connectivity index (χ3n) is 4.00. The average Bonchev–Trinajstić information content (AvgIpc) is 2.45. The molecule has 2 aliphatic rings. The molecule has 0 bridgehead atoms. The number of halogens is 2. The van der Waals surface area contributed by atoms with Crippen molar-refractivity contribution in [2.75, 3.05) is 5.32 Å². The van der Waals surface area contributed by atoms with E-state index in [1.54, 1.807) is 18.2 Å². The first-order chi connectivity index (χ1) is 10.9. The van der Waals surface area contributed by atoms with E-state index in [1.807, 2.05) is 6.08 Å². The van der Waals surface area contributed by atoms with Crippen LogP contribution < -0.4 is 10.6 Å². The molecule has 0 unspecified atom stereocenters. The first-order valence-corrected chi connectivity index (χ1v) is 7.99. The highest BCUT2D eigenvalue weighted by molar-refractivity contribution is 6.35. The zero-order valence-electron chi connectivity index (χ0n) is 12.1. The summed E-state index contributed by atoms with van der Waals surface area (Å²) in [6, 6.07) is 4.68. The van der Waals surface area contributed by atoms with Crippen molar-refractivity contribution >= 4 is 46.5 Å². The fourth-order valence-electron chi connectivity index (χ4n) is 3.03. The number of amides is 2. The number of benzene rings is 1. The number of piperidine rings is 1. The molecule has 0 aromatic heterocycles. The minimum Gasteiger partial charge on any atom is -0.329 e. The number of fused-ring (bicyclic) bond motifs is 1. The summed E-state index contributed by atoms with van der Waals surface area (Å²) in [5, 5.41) is 6.18. The molecule has 0 spiro atoms. The molecule has 1 aliphatic carbocycles. The molecule has 1 saturated heterocycles. The second-order valence-corrected chi connectivity index (χ2v) is 6.52. The molecule has 2 amide bonds. The summed E-state index contributed by atoms with van der Waals surface area (Å²) in [6.45, 7) is 0. The number of anilines is 1. The van der Waals surface area contributed by atoms with Crippen molar-refractivity contribution < 1.29 is 14.4 Å². The van der Waals surface area contributed by atoms with Gasteiger partial charge in [-0.2, -0.15) is 0 Å². The molecule has 23 heavy (non-hydrogen) atoms. The van der Waals surface area contributed by atoms with Gasteiger partial charge in [0.15, 0.2) is 0 Å². The molecular weight excluding hydrogens is 339 g/mol. The Labute approximate surface area is 143 Å². The average molecular weight is 353 g/mol. The van der Waals surface area contributed by atoms with Gasteiger partial charge in [0, 0.05) is 34.3 Å². The van der Waals surface area contributed by atoms with Gasteiger partial charge >= 0.3 is 0 Å². The van der Waals surface area contributed by atoms with Crippen LogP contribution in [0.25, 0.3) is 0 Å². The lowest BCUT2D eigenvalue weighted by Gasteiger charge is -2.34. The maximum atomic E-state index is 12.6. The van der Waals surface area contributed by atoms with E-state index < -0.39 is 11.8 Å². The van der Waals surface area contributed by atoms with E-state index in [1.165, 1.54) is 0 Å². The fourth-order valence-corrected chi connectivity index (χ4v) is 3.56. The smallest absolute Gasteiger partial charge is 0.229 e. The Hall–Kier alpha value is -1.85. The summed E-state index contributed by atoms with van der Waals surface area (Å²) in [7, 11) is 0. The number of carbonyl (C=O) groups is 3. The topological polar surface area (TPSA) is 75.3 Å². The number of allylic oxidation sites excluding steroid dienone is 2. The van der Waals surface area contributed by atoms with Crippen LogP contribution in [-0.4, -0.2) is 17.6 Å². The molecule has 1 aromatic carbocycles. The van der Waals surface area contributed by atoms with Gasteiger partial charge < -0.3 is 10.6 Å². The van der Waals surface area contributed by atoms with Gasteiger partial charge in [-0.1, -0.05) is 29.3 Å². The Morgan fingerprint density at radius 1 is 1.17 bits per heavy atom. The van der Waals surface area contributed by atoms with Crippen molar-refractivity contribution in [3.8, 4) is 0 Å². The van der Waals surface area contributed by atoms with Crippen LogP contribution in [0.1, 0.15) is 19.3 Å². The SMILES string of the molecule is O=C1C[C@@H](C(=O)Nc2cc(Cl)cc(Cl)c2)[C@@H]2C(=O)CCC=C2N1. The van der Waals surface area contributed by atoms with Gasteiger partial charge in [-0.3, -0.25) is 14.4 Å². The molecule has 1 heterocycles. The highest BCUT2D eigenvalue weighted by atomic mass is 35.5. The third-order valence-corrected chi connectivity index (χ3v) is 4.43. The van der Waals surface area contributed by atoms with Crippen LogP contribution in [0.3, 0.4) is 0 Å². The van der Waals surface area contributed by atoms with E-state index in [4.69, 9.17) is 23.2 Å². The zero-order valence-corrected chi connectivity index (χ0v) is 13.6. The largest absolute Gasteiger partial charge is 0.329 e. The highest BCUT2D eigenvalue weighted by Crippen LogP contribution is 2.34. The normalized spacial score (nSPS) is 23.7. The molecule has 7 heteroatoms. The van der Waals surface area contributed by atoms with Crippen LogP contribution in [0.4, 0.5) is 5.69 Å². The Morgan fingerprint density at radius 2 is 1.87 bits per heavy atom. The van der Waals surface area contributed by atoms with Gasteiger partial charge in [-0.15, -0.1) is 0 Å². The van der Waals surface area contributed by atoms with Gasteiger partial charge in [-0.05, 0) is 24.6 Å². The van der Waals surface area contributed by atoms with E-state index in [9.17, 15) is 14.4 Å². The number of Topliss-reactive ketones (excluding diaryl/α,β-unsaturated/α-hetero) is 1. The summed E-state index contributed by atoms with van der Waals surface area (Å²) in [4.78, 5) is 36.6. The predicted molar refractivity (Wildman–Crippen MR) is 87.2 cm³/mol. The summed E-state index contributed by atoms with van der Waals surface area (Å²) in [6.07, 6.45) is 2.77. The molecule has 120 valence electrons. The Balaban J connectivity index is 1.85. The van der Waals surface area contributed by atoms with Gasteiger partial charge in [0.25, 0.3) is 0 Å². The summed E-state index contributed by atoms with van der Waals surface area (Å²) in [5.41, 5.74) is 0.981. The minimum atomic E-state index is -0.722. The van der Waals surface area contributed by atoms with E-state index in [2.05, 4.69) is 10.6 Å². The predicted octanol–water partition coefficient (Wildman–Crippen LogP) is 2.93. The van der Waals surface area contributed by atoms with Crippen molar-refractivity contribution in [2.45, 2.75) is 19.3 Å². The summed E-state index contributed by atoms with van der Waals surface area (Å²) >= 11 is 11.8. The maximum Gasteiger partial charge on any atom is 0.229 e. The molecule has 0 radical (unpaired) electrons. The number of hydrogen-bond acceptors (Lipinski definition) is 3. The summed E-state index contributed by atoms with van der Waals surface area (Å²) in [5.74, 6) is -1.97. The van der Waals surface area contributed by atoms with Crippen LogP contribution in [0.15, 0.2) is 30.0 Å². The van der Waals surface area contributed by atoms with Gasteiger partial charge in [0.2, 0.25) is 11.8 Å². The standard InChI is InChI=1S/C16H14Cl2N2O3/c17-8-4-9(18)6-10(5-8)19-16(23)11-7-14(22)20-12-2-1-3-13(21)15(11)12/h2,4-6,11,15H,1,3,7H2,(H,19,23)(H,20,22)/t11-,15+/m1/s1. The van der Waals surface area contributed by atoms with Crippen molar-refractivity contribution in [2.24, 2.45) is 11.8 Å². The quantitative estimate of drug-likeness (QED) is 0.859. The fraction of sp³-hybridized carbons (Fsp3) is 0.312. The van der Waals surface area contributed by atoms with Crippen LogP contribution in [-0.2, 0) is 14.4 Å². The first kappa shape index (κ1) is 16.0. The molecular formula is C16H14Cl2N2O3. The van der Waals surface area contributed by atoms with Crippen LogP contribution >= 0.6 is 23.2 Å². The van der Waals surface area contributed by atoms with E-state index >= 15 is 0 Å². The third kappa shape index (κ3) is 3.41. The number of carbonyl (C=O) groups excluding carboxylic acids is 3. The minimum absolute atomic E-state index is 0.0200. The number of nitrogens with one attached hydrogen (secondary N) is 2. The molecule has 0 saturated carbocycles. The molecule has 2 N–H and O–H groups in total. The van der Waals surface area contributed by atoms with Gasteiger partial charge in [-0.25, -0.2) is 0 Å². The number of ketones is 1. The lowest BCUT2D eigenvalue weighted by atomic mass is 9.76. The molecule has 2 atom stereocenters. The van der Waals surface area contributed by atoms with E-state index in [0.717, 1.165) is 0 Å². The summed E-state index contributed by atoms with van der Waals surface area (Å²) < 4.78 is 0. The molecule has 5 nitrogen and oxygen atoms in total. The second-order valence-electron chi connectivity index (χ2n) is 5.65. The lowest BCUT2D eigenvalue weighted by Crippen LogP contribution is -2.47. The van der Waals surface area contributed by atoms with E-state index in [-0.39, 0.29) is 24.0 Å². The molecule has 1 fully saturated rings. The van der Waals surface area contributed by atoms with Crippen molar-refractivity contribution in [1.82, 2.24) is 5.32 Å². The van der Waals surface area contributed by atoms with Crippen molar-refractivity contribution in [1.29, 1.82) is 0 Å². The van der Waals surface area contributed by atoms with Crippen LogP contribution in [0, 0.1) is 11.8 Å². The van der Waals surface area contributed by atoms with Crippen molar-refractivity contribution in [3.05, 3.63) is 40.0 Å². The molecule has 1 aliphatic heterocycles. The van der Waals surface area contributed by atoms with Gasteiger partial charge in [0.1, 0.15) is 5.78 Å². The lowest BCUT2D eigenvalue weighted by molar-refractivity contribution is -0.135. The maximum absolute atomic E-state index is 12.6. The Kier molecular flexibility index (Phi) is 4.41. The molecule has 1 aromatic rings. The number of rotatable bonds is 2. The monoisotopic (exact) mass is 352 g/mol. The number of hydrogen-bond donors (Lipinski definition) is 2. The van der Waals surface area contributed by atoms with E-state index in [0.29, 0.717) is 34.3 Å². The highest BCUT2D eigenvalue weighted by Gasteiger charge is 2.42. The van der Waals surface area contributed by atoms with Crippen LogP contribution in [0.2, 0.25) is 10.0 Å².